The molecule has 1 unspecified atom stereocenters. The Bertz CT molecular complexity index is 1190. The molecule has 2 N–H and O–H groups in total. The highest BCUT2D eigenvalue weighted by Crippen LogP contribution is 2.37. The SMILES string of the molecule is CCCCOC(=O)c1ccc(NC(=O)C(Sc2cccc(NC(=O)C3CC3)c2)c2ccccc2)cc1. The topological polar surface area (TPSA) is 84.5 Å². The summed E-state index contributed by atoms with van der Waals surface area (Å²) < 4.78 is 5.25. The predicted octanol–water partition coefficient (Wildman–Crippen LogP) is 6.46. The Morgan fingerprint density at radius 1 is 0.917 bits per heavy atom. The van der Waals surface area contributed by atoms with Gasteiger partial charge in [0.05, 0.1) is 12.2 Å². The van der Waals surface area contributed by atoms with E-state index in [1.54, 1.807) is 24.3 Å². The summed E-state index contributed by atoms with van der Waals surface area (Å²) in [7, 11) is 0. The van der Waals surface area contributed by atoms with Crippen LogP contribution in [0.25, 0.3) is 0 Å². The van der Waals surface area contributed by atoms with Crippen LogP contribution in [0.2, 0.25) is 0 Å². The monoisotopic (exact) mass is 502 g/mol. The summed E-state index contributed by atoms with van der Waals surface area (Å²) in [6.45, 7) is 2.44. The van der Waals surface area contributed by atoms with Gasteiger partial charge in [-0.3, -0.25) is 9.59 Å². The molecule has 0 saturated heterocycles. The van der Waals surface area contributed by atoms with Gasteiger partial charge < -0.3 is 15.4 Å². The molecule has 1 atom stereocenters. The van der Waals surface area contributed by atoms with E-state index in [1.165, 1.54) is 11.8 Å². The normalized spacial score (nSPS) is 13.5. The zero-order chi connectivity index (χ0) is 25.3. The van der Waals surface area contributed by atoms with Crippen LogP contribution in [0.5, 0.6) is 0 Å². The molecule has 6 nitrogen and oxygen atoms in total. The number of esters is 1. The van der Waals surface area contributed by atoms with E-state index in [9.17, 15) is 14.4 Å². The van der Waals surface area contributed by atoms with Gasteiger partial charge in [0.25, 0.3) is 0 Å². The molecule has 2 amide bonds. The Labute approximate surface area is 215 Å². The fourth-order valence-electron chi connectivity index (χ4n) is 3.56. The van der Waals surface area contributed by atoms with Crippen molar-refractivity contribution in [1.29, 1.82) is 0 Å². The van der Waals surface area contributed by atoms with Gasteiger partial charge in [-0.1, -0.05) is 49.7 Å². The van der Waals surface area contributed by atoms with Gasteiger partial charge in [0.2, 0.25) is 11.8 Å². The van der Waals surface area contributed by atoms with Crippen molar-refractivity contribution in [3.8, 4) is 0 Å². The first-order valence-corrected chi connectivity index (χ1v) is 13.1. The van der Waals surface area contributed by atoms with Crippen LogP contribution in [-0.4, -0.2) is 24.4 Å². The van der Waals surface area contributed by atoms with Gasteiger partial charge in [-0.15, -0.1) is 11.8 Å². The van der Waals surface area contributed by atoms with E-state index in [0.29, 0.717) is 17.9 Å². The summed E-state index contributed by atoms with van der Waals surface area (Å²) in [5, 5.41) is 5.42. The highest BCUT2D eigenvalue weighted by atomic mass is 32.2. The van der Waals surface area contributed by atoms with Crippen molar-refractivity contribution in [2.45, 2.75) is 42.8 Å². The molecule has 7 heteroatoms. The molecule has 0 spiro atoms. The van der Waals surface area contributed by atoms with Crippen LogP contribution < -0.4 is 10.6 Å². The highest BCUT2D eigenvalue weighted by molar-refractivity contribution is 8.00. The third-order valence-corrected chi connectivity index (χ3v) is 7.01. The molecule has 1 aliphatic rings. The van der Waals surface area contributed by atoms with Crippen molar-refractivity contribution < 1.29 is 19.1 Å². The largest absolute Gasteiger partial charge is 0.462 e. The smallest absolute Gasteiger partial charge is 0.338 e. The van der Waals surface area contributed by atoms with E-state index >= 15 is 0 Å². The maximum absolute atomic E-state index is 13.4. The van der Waals surface area contributed by atoms with Gasteiger partial charge in [-0.05, 0) is 67.3 Å². The zero-order valence-corrected chi connectivity index (χ0v) is 21.1. The van der Waals surface area contributed by atoms with Crippen LogP contribution in [0.3, 0.4) is 0 Å². The summed E-state index contributed by atoms with van der Waals surface area (Å²) in [6.07, 6.45) is 3.67. The molecular weight excluding hydrogens is 472 g/mol. The van der Waals surface area contributed by atoms with Gasteiger partial charge in [0.15, 0.2) is 0 Å². The van der Waals surface area contributed by atoms with Crippen molar-refractivity contribution in [1.82, 2.24) is 0 Å². The van der Waals surface area contributed by atoms with Gasteiger partial charge in [-0.25, -0.2) is 4.79 Å². The number of hydrogen-bond acceptors (Lipinski definition) is 5. The number of ether oxygens (including phenoxy) is 1. The first kappa shape index (κ1) is 25.5. The third kappa shape index (κ3) is 7.21. The fraction of sp³-hybridized carbons (Fsp3) is 0.276. The Balaban J connectivity index is 1.45. The number of hydrogen-bond donors (Lipinski definition) is 2. The minimum atomic E-state index is -0.515. The molecule has 0 aromatic heterocycles. The van der Waals surface area contributed by atoms with E-state index < -0.39 is 5.25 Å². The number of carbonyl (C=O) groups excluding carboxylic acids is 3. The lowest BCUT2D eigenvalue weighted by Crippen LogP contribution is -2.19. The Morgan fingerprint density at radius 3 is 2.36 bits per heavy atom. The summed E-state index contributed by atoms with van der Waals surface area (Å²) in [4.78, 5) is 38.6. The predicted molar refractivity (Wildman–Crippen MR) is 143 cm³/mol. The van der Waals surface area contributed by atoms with Crippen molar-refractivity contribution in [3.63, 3.8) is 0 Å². The van der Waals surface area contributed by atoms with Crippen molar-refractivity contribution >= 4 is 40.9 Å². The molecule has 0 aliphatic heterocycles. The second kappa shape index (κ2) is 12.4. The summed E-state index contributed by atoms with van der Waals surface area (Å²) in [5.41, 5.74) is 2.63. The number of amides is 2. The standard InChI is InChI=1S/C29H30N2O4S/c1-2-3-18-35-29(34)22-14-16-23(17-15-22)30-28(33)26(20-8-5-4-6-9-20)36-25-11-7-10-24(19-25)31-27(32)21-12-13-21/h4-11,14-17,19,21,26H,2-3,12-13,18H2,1H3,(H,30,33)(H,31,32). The Kier molecular flexibility index (Phi) is 8.79. The lowest BCUT2D eigenvalue weighted by atomic mass is 10.1. The maximum Gasteiger partial charge on any atom is 0.338 e. The van der Waals surface area contributed by atoms with Gasteiger partial charge in [-0.2, -0.15) is 0 Å². The number of thioether (sulfide) groups is 1. The third-order valence-electron chi connectivity index (χ3n) is 5.76. The van der Waals surface area contributed by atoms with Gasteiger partial charge in [0.1, 0.15) is 5.25 Å². The van der Waals surface area contributed by atoms with Crippen LogP contribution in [0.15, 0.2) is 83.8 Å². The molecule has 0 radical (unpaired) electrons. The van der Waals surface area contributed by atoms with Crippen LogP contribution in [0.1, 0.15) is 53.8 Å². The van der Waals surface area contributed by atoms with Gasteiger partial charge in [0, 0.05) is 22.2 Å². The number of nitrogens with one attached hydrogen (secondary N) is 2. The molecule has 0 heterocycles. The van der Waals surface area contributed by atoms with E-state index in [1.807, 2.05) is 61.5 Å². The second-order valence-electron chi connectivity index (χ2n) is 8.76. The van der Waals surface area contributed by atoms with Crippen molar-refractivity contribution in [2.24, 2.45) is 5.92 Å². The average molecular weight is 503 g/mol. The minimum absolute atomic E-state index is 0.0483. The van der Waals surface area contributed by atoms with E-state index in [4.69, 9.17) is 4.74 Å². The summed E-state index contributed by atoms with van der Waals surface area (Å²) in [6, 6.07) is 23.8. The molecular formula is C29H30N2O4S. The van der Waals surface area contributed by atoms with Gasteiger partial charge >= 0.3 is 5.97 Å². The number of unbranched alkanes of at least 4 members (excludes halogenated alkanes) is 1. The van der Waals surface area contributed by atoms with E-state index in [-0.39, 0.29) is 23.7 Å². The van der Waals surface area contributed by atoms with Crippen LogP contribution in [0.4, 0.5) is 11.4 Å². The van der Waals surface area contributed by atoms with E-state index in [0.717, 1.165) is 41.8 Å². The van der Waals surface area contributed by atoms with Crippen LogP contribution in [-0.2, 0) is 14.3 Å². The molecule has 186 valence electrons. The summed E-state index contributed by atoms with van der Waals surface area (Å²) >= 11 is 1.42. The zero-order valence-electron chi connectivity index (χ0n) is 20.2. The van der Waals surface area contributed by atoms with Crippen LogP contribution >= 0.6 is 11.8 Å². The number of benzene rings is 3. The molecule has 4 rings (SSSR count). The molecule has 0 bridgehead atoms. The quantitative estimate of drug-likeness (QED) is 0.178. The highest BCUT2D eigenvalue weighted by Gasteiger charge is 2.29. The second-order valence-corrected chi connectivity index (χ2v) is 9.93. The molecule has 1 fully saturated rings. The molecule has 1 saturated carbocycles. The number of rotatable bonds is 11. The molecule has 36 heavy (non-hydrogen) atoms. The number of carbonyl (C=O) groups is 3. The first-order chi connectivity index (χ1) is 17.5. The van der Waals surface area contributed by atoms with Crippen LogP contribution in [0, 0.1) is 5.92 Å². The lowest BCUT2D eigenvalue weighted by Gasteiger charge is -2.18. The minimum Gasteiger partial charge on any atom is -0.462 e. The van der Waals surface area contributed by atoms with Crippen molar-refractivity contribution in [3.05, 3.63) is 90.0 Å². The molecule has 1 aliphatic carbocycles. The number of anilines is 2. The van der Waals surface area contributed by atoms with Crippen molar-refractivity contribution in [2.75, 3.05) is 17.2 Å². The maximum atomic E-state index is 13.4. The Morgan fingerprint density at radius 2 is 1.67 bits per heavy atom. The summed E-state index contributed by atoms with van der Waals surface area (Å²) in [5.74, 6) is -0.384. The Hall–Kier alpha value is -3.58. The van der Waals surface area contributed by atoms with E-state index in [2.05, 4.69) is 10.6 Å². The lowest BCUT2D eigenvalue weighted by molar-refractivity contribution is -0.117. The molecule has 3 aromatic rings. The first-order valence-electron chi connectivity index (χ1n) is 12.2. The molecule has 3 aromatic carbocycles. The average Bonchev–Trinajstić information content (AvgIpc) is 3.74. The fourth-order valence-corrected chi connectivity index (χ4v) is 4.65.